The third-order valence-electron chi connectivity index (χ3n) is 3.26. The van der Waals surface area contributed by atoms with Crippen LogP contribution in [-0.2, 0) is 16.3 Å². The molecule has 0 radical (unpaired) electrons. The zero-order valence-electron chi connectivity index (χ0n) is 11.9. The summed E-state index contributed by atoms with van der Waals surface area (Å²) in [6.07, 6.45) is 2.06. The Kier molecular flexibility index (Phi) is 4.14. The zero-order valence-corrected chi connectivity index (χ0v) is 12.7. The molecule has 0 aromatic heterocycles. The van der Waals surface area contributed by atoms with Crippen LogP contribution in [0.2, 0.25) is 0 Å². The predicted molar refractivity (Wildman–Crippen MR) is 80.9 cm³/mol. The van der Waals surface area contributed by atoms with Crippen LogP contribution in [0.5, 0.6) is 5.75 Å². The number of ether oxygens (including phenoxy) is 1. The Morgan fingerprint density at radius 1 is 1.10 bits per heavy atom. The van der Waals surface area contributed by atoms with E-state index < -0.39 is 9.84 Å². The van der Waals surface area contributed by atoms with E-state index in [-0.39, 0.29) is 0 Å². The molecule has 0 fully saturated rings. The molecule has 2 aromatic rings. The number of methoxy groups -OCH3 is 1. The lowest BCUT2D eigenvalue weighted by Gasteiger charge is -2.12. The van der Waals surface area contributed by atoms with E-state index in [0.29, 0.717) is 4.90 Å². The van der Waals surface area contributed by atoms with Crippen molar-refractivity contribution in [3.8, 4) is 16.9 Å². The first kappa shape index (κ1) is 14.6. The summed E-state index contributed by atoms with van der Waals surface area (Å²) >= 11 is 0. The Balaban J connectivity index is 2.64. The van der Waals surface area contributed by atoms with Gasteiger partial charge in [-0.3, -0.25) is 0 Å². The Labute approximate surface area is 120 Å². The molecule has 2 aromatic carbocycles. The van der Waals surface area contributed by atoms with Crippen molar-refractivity contribution in [3.05, 3.63) is 48.0 Å². The van der Waals surface area contributed by atoms with Crippen molar-refractivity contribution in [2.45, 2.75) is 18.2 Å². The van der Waals surface area contributed by atoms with Crippen LogP contribution in [0.25, 0.3) is 11.1 Å². The van der Waals surface area contributed by atoms with E-state index in [1.165, 1.54) is 6.26 Å². The average molecular weight is 290 g/mol. The van der Waals surface area contributed by atoms with Crippen LogP contribution in [0.3, 0.4) is 0 Å². The molecule has 0 spiro atoms. The quantitative estimate of drug-likeness (QED) is 0.867. The highest BCUT2D eigenvalue weighted by atomic mass is 32.2. The van der Waals surface area contributed by atoms with Crippen molar-refractivity contribution >= 4 is 9.84 Å². The van der Waals surface area contributed by atoms with E-state index in [9.17, 15) is 8.42 Å². The topological polar surface area (TPSA) is 43.4 Å². The molecule has 0 amide bonds. The molecule has 0 heterocycles. The van der Waals surface area contributed by atoms with Gasteiger partial charge in [0.25, 0.3) is 0 Å². The predicted octanol–water partition coefficient (Wildman–Crippen LogP) is 3.33. The summed E-state index contributed by atoms with van der Waals surface area (Å²) in [4.78, 5) is 0.354. The minimum Gasteiger partial charge on any atom is -0.496 e. The highest BCUT2D eigenvalue weighted by Crippen LogP contribution is 2.31. The minimum atomic E-state index is -3.25. The van der Waals surface area contributed by atoms with Crippen molar-refractivity contribution in [1.82, 2.24) is 0 Å². The van der Waals surface area contributed by atoms with Gasteiger partial charge < -0.3 is 4.74 Å². The van der Waals surface area contributed by atoms with Gasteiger partial charge in [-0.1, -0.05) is 31.2 Å². The van der Waals surface area contributed by atoms with E-state index in [1.807, 2.05) is 37.3 Å². The van der Waals surface area contributed by atoms with Crippen molar-refractivity contribution in [2.75, 3.05) is 13.4 Å². The van der Waals surface area contributed by atoms with Crippen molar-refractivity contribution in [1.29, 1.82) is 0 Å². The van der Waals surface area contributed by atoms with Crippen molar-refractivity contribution in [2.24, 2.45) is 0 Å². The number of hydrogen-bond acceptors (Lipinski definition) is 3. The molecule has 0 saturated carbocycles. The molecule has 106 valence electrons. The fraction of sp³-hybridized carbons (Fsp3) is 0.250. The molecular formula is C16H18O3S. The number of rotatable bonds is 4. The lowest BCUT2D eigenvalue weighted by Crippen LogP contribution is -2.00. The van der Waals surface area contributed by atoms with Gasteiger partial charge in [-0.25, -0.2) is 8.42 Å². The van der Waals surface area contributed by atoms with E-state index in [0.717, 1.165) is 28.9 Å². The van der Waals surface area contributed by atoms with Gasteiger partial charge in [-0.15, -0.1) is 0 Å². The normalized spacial score (nSPS) is 11.3. The maximum atomic E-state index is 11.9. The molecule has 0 bridgehead atoms. The second kappa shape index (κ2) is 5.67. The molecule has 0 aliphatic rings. The third kappa shape index (κ3) is 2.85. The standard InChI is InChI=1S/C16H18O3S/c1-4-12-11-13(9-10-15(12)19-2)14-7-5-6-8-16(14)20(3,17)18/h5-11H,4H2,1-3H3. The average Bonchev–Trinajstić information content (AvgIpc) is 2.45. The first-order valence-electron chi connectivity index (χ1n) is 6.43. The van der Waals surface area contributed by atoms with Gasteiger partial charge in [0, 0.05) is 11.8 Å². The summed E-state index contributed by atoms with van der Waals surface area (Å²) in [6, 6.07) is 12.8. The number of benzene rings is 2. The van der Waals surface area contributed by atoms with Gasteiger partial charge in [-0.05, 0) is 35.7 Å². The van der Waals surface area contributed by atoms with E-state index >= 15 is 0 Å². The number of sulfone groups is 1. The van der Waals surface area contributed by atoms with Gasteiger partial charge in [-0.2, -0.15) is 0 Å². The lowest BCUT2D eigenvalue weighted by molar-refractivity contribution is 0.410. The Morgan fingerprint density at radius 2 is 1.80 bits per heavy atom. The molecular weight excluding hydrogens is 272 g/mol. The molecule has 0 saturated heterocycles. The molecule has 0 N–H and O–H groups in total. The maximum absolute atomic E-state index is 11.9. The SMILES string of the molecule is CCc1cc(-c2ccccc2S(C)(=O)=O)ccc1OC. The minimum absolute atomic E-state index is 0.354. The summed E-state index contributed by atoms with van der Waals surface area (Å²) < 4.78 is 29.1. The number of aryl methyl sites for hydroxylation is 1. The van der Waals surface area contributed by atoms with E-state index in [4.69, 9.17) is 4.74 Å². The first-order chi connectivity index (χ1) is 9.47. The summed E-state index contributed by atoms with van der Waals surface area (Å²) in [5.41, 5.74) is 2.68. The number of hydrogen-bond donors (Lipinski definition) is 0. The second-order valence-corrected chi connectivity index (χ2v) is 6.63. The van der Waals surface area contributed by atoms with E-state index in [1.54, 1.807) is 19.2 Å². The molecule has 0 atom stereocenters. The Hall–Kier alpha value is -1.81. The maximum Gasteiger partial charge on any atom is 0.176 e. The fourth-order valence-corrected chi connectivity index (χ4v) is 3.16. The van der Waals surface area contributed by atoms with Gasteiger partial charge >= 0.3 is 0 Å². The second-order valence-electron chi connectivity index (χ2n) is 4.65. The fourth-order valence-electron chi connectivity index (χ4n) is 2.25. The molecule has 0 aliphatic carbocycles. The third-order valence-corrected chi connectivity index (χ3v) is 4.41. The largest absolute Gasteiger partial charge is 0.496 e. The smallest absolute Gasteiger partial charge is 0.176 e. The molecule has 20 heavy (non-hydrogen) atoms. The van der Waals surface area contributed by atoms with Crippen LogP contribution in [0.4, 0.5) is 0 Å². The summed E-state index contributed by atoms with van der Waals surface area (Å²) in [5.74, 6) is 0.827. The van der Waals surface area contributed by atoms with Crippen molar-refractivity contribution < 1.29 is 13.2 Å². The van der Waals surface area contributed by atoms with Crippen LogP contribution >= 0.6 is 0 Å². The Morgan fingerprint density at radius 3 is 2.40 bits per heavy atom. The molecule has 4 heteroatoms. The first-order valence-corrected chi connectivity index (χ1v) is 8.33. The van der Waals surface area contributed by atoms with Gasteiger partial charge in [0.2, 0.25) is 0 Å². The van der Waals surface area contributed by atoms with Gasteiger partial charge in [0.15, 0.2) is 9.84 Å². The molecule has 3 nitrogen and oxygen atoms in total. The van der Waals surface area contributed by atoms with Gasteiger partial charge in [0.1, 0.15) is 5.75 Å². The lowest BCUT2D eigenvalue weighted by atomic mass is 10.0. The van der Waals surface area contributed by atoms with Gasteiger partial charge in [0.05, 0.1) is 12.0 Å². The zero-order chi connectivity index (χ0) is 14.8. The summed E-state index contributed by atoms with van der Waals surface area (Å²) in [7, 11) is -1.61. The van der Waals surface area contributed by atoms with Crippen LogP contribution < -0.4 is 4.74 Å². The Bertz CT molecular complexity index is 718. The molecule has 2 rings (SSSR count). The highest BCUT2D eigenvalue weighted by Gasteiger charge is 2.14. The van der Waals surface area contributed by atoms with Crippen LogP contribution in [-0.4, -0.2) is 21.8 Å². The monoisotopic (exact) mass is 290 g/mol. The van der Waals surface area contributed by atoms with Crippen LogP contribution in [0.1, 0.15) is 12.5 Å². The highest BCUT2D eigenvalue weighted by molar-refractivity contribution is 7.90. The molecule has 0 aliphatic heterocycles. The summed E-state index contributed by atoms with van der Waals surface area (Å²) in [5, 5.41) is 0. The van der Waals surface area contributed by atoms with E-state index in [2.05, 4.69) is 0 Å². The van der Waals surface area contributed by atoms with Crippen molar-refractivity contribution in [3.63, 3.8) is 0 Å². The van der Waals surface area contributed by atoms with Crippen LogP contribution in [0, 0.1) is 0 Å². The van der Waals surface area contributed by atoms with Crippen LogP contribution in [0.15, 0.2) is 47.4 Å². The summed E-state index contributed by atoms with van der Waals surface area (Å²) in [6.45, 7) is 2.05. The molecule has 0 unspecified atom stereocenters.